The molecule has 5 nitrogen and oxygen atoms in total. The quantitative estimate of drug-likeness (QED) is 0.794. The molecular weight excluding hydrogens is 402 g/mol. The van der Waals surface area contributed by atoms with Crippen LogP contribution < -0.4 is 14.8 Å². The van der Waals surface area contributed by atoms with Crippen molar-refractivity contribution in [2.24, 2.45) is 11.8 Å². The first kappa shape index (κ1) is 21.3. The maximum absolute atomic E-state index is 13.2. The number of fused-ring (bicyclic) bond motifs is 1. The number of carbonyl (C=O) groups is 1. The molecule has 0 unspecified atom stereocenters. The van der Waals surface area contributed by atoms with Crippen LogP contribution in [0.1, 0.15) is 22.0 Å². The third-order valence-electron chi connectivity index (χ3n) is 5.61. The number of hydrogen-bond acceptors (Lipinski definition) is 4. The van der Waals surface area contributed by atoms with Crippen molar-refractivity contribution < 1.29 is 23.0 Å². The Morgan fingerprint density at radius 1 is 1.07 bits per heavy atom. The zero-order valence-electron chi connectivity index (χ0n) is 15.9. The first-order chi connectivity index (χ1) is 13.6. The summed E-state index contributed by atoms with van der Waals surface area (Å²) in [5.74, 6) is 1.46. The van der Waals surface area contributed by atoms with Crippen LogP contribution in [-0.4, -0.2) is 44.2 Å². The zero-order valence-corrected chi connectivity index (χ0v) is 16.7. The number of rotatable bonds is 5. The summed E-state index contributed by atoms with van der Waals surface area (Å²) in [4.78, 5) is 15.1. The second-order valence-corrected chi connectivity index (χ2v) is 7.16. The Morgan fingerprint density at radius 2 is 1.72 bits per heavy atom. The monoisotopic (exact) mass is 424 g/mol. The van der Waals surface area contributed by atoms with Gasteiger partial charge in [0.25, 0.3) is 5.91 Å². The molecule has 2 aromatic carbocycles. The average molecular weight is 425 g/mol. The van der Waals surface area contributed by atoms with Crippen LogP contribution in [0.15, 0.2) is 48.5 Å². The number of nitrogens with one attached hydrogen (secondary N) is 1. The molecule has 2 aliphatic rings. The first-order valence-electron chi connectivity index (χ1n) is 9.27. The third kappa shape index (κ3) is 4.31. The predicted molar refractivity (Wildman–Crippen MR) is 107 cm³/mol. The van der Waals surface area contributed by atoms with Crippen molar-refractivity contribution >= 4 is 18.3 Å². The van der Waals surface area contributed by atoms with E-state index in [1.165, 1.54) is 24.3 Å². The molecule has 2 aliphatic heterocycles. The summed E-state index contributed by atoms with van der Waals surface area (Å²) in [5.41, 5.74) is 1.54. The molecule has 29 heavy (non-hydrogen) atoms. The zero-order chi connectivity index (χ0) is 19.7. The van der Waals surface area contributed by atoms with Crippen LogP contribution in [-0.2, 0) is 0 Å². The van der Waals surface area contributed by atoms with Crippen molar-refractivity contribution in [2.45, 2.75) is 12.7 Å². The largest absolute Gasteiger partial charge is 0.497 e. The fourth-order valence-electron chi connectivity index (χ4n) is 4.30. The first-order valence-corrected chi connectivity index (χ1v) is 9.27. The molecule has 1 N–H and O–H groups in total. The highest BCUT2D eigenvalue weighted by molar-refractivity contribution is 5.95. The summed E-state index contributed by atoms with van der Waals surface area (Å²) in [6.07, 6.45) is 0. The fraction of sp³-hybridized carbons (Fsp3) is 0.381. The molecule has 0 aliphatic carbocycles. The molecule has 156 valence electrons. The van der Waals surface area contributed by atoms with Gasteiger partial charge < -0.3 is 19.7 Å². The van der Waals surface area contributed by atoms with Gasteiger partial charge in [0.2, 0.25) is 0 Å². The smallest absolute Gasteiger partial charge is 0.387 e. The van der Waals surface area contributed by atoms with E-state index in [0.717, 1.165) is 24.4 Å². The van der Waals surface area contributed by atoms with Crippen LogP contribution in [0, 0.1) is 11.8 Å². The van der Waals surface area contributed by atoms with Gasteiger partial charge in [0.05, 0.1) is 13.2 Å². The van der Waals surface area contributed by atoms with E-state index in [-0.39, 0.29) is 30.1 Å². The maximum atomic E-state index is 13.2. The number of amides is 1. The van der Waals surface area contributed by atoms with Crippen LogP contribution in [0.3, 0.4) is 0 Å². The molecule has 3 atom stereocenters. The minimum Gasteiger partial charge on any atom is -0.497 e. The van der Waals surface area contributed by atoms with Gasteiger partial charge in [-0.15, -0.1) is 12.4 Å². The molecule has 4 rings (SSSR count). The van der Waals surface area contributed by atoms with Crippen molar-refractivity contribution in [1.82, 2.24) is 10.2 Å². The normalized spacial score (nSPS) is 22.9. The lowest BCUT2D eigenvalue weighted by Gasteiger charge is -2.28. The van der Waals surface area contributed by atoms with Crippen molar-refractivity contribution in [1.29, 1.82) is 0 Å². The van der Waals surface area contributed by atoms with Crippen LogP contribution in [0.25, 0.3) is 0 Å². The number of hydrogen-bond donors (Lipinski definition) is 1. The van der Waals surface area contributed by atoms with Gasteiger partial charge in [-0.1, -0.05) is 12.1 Å². The molecule has 0 aromatic heterocycles. The minimum atomic E-state index is -2.88. The Kier molecular flexibility index (Phi) is 6.59. The maximum Gasteiger partial charge on any atom is 0.387 e. The summed E-state index contributed by atoms with van der Waals surface area (Å²) in [6.45, 7) is -0.455. The van der Waals surface area contributed by atoms with Gasteiger partial charge in [-0.25, -0.2) is 0 Å². The van der Waals surface area contributed by atoms with E-state index in [9.17, 15) is 13.6 Å². The molecule has 2 heterocycles. The highest BCUT2D eigenvalue weighted by Gasteiger charge is 2.46. The van der Waals surface area contributed by atoms with Crippen LogP contribution in [0.2, 0.25) is 0 Å². The van der Waals surface area contributed by atoms with Gasteiger partial charge in [0, 0.05) is 31.1 Å². The third-order valence-corrected chi connectivity index (χ3v) is 5.61. The van der Waals surface area contributed by atoms with Gasteiger partial charge in [0.1, 0.15) is 11.5 Å². The minimum absolute atomic E-state index is 0. The van der Waals surface area contributed by atoms with Crippen molar-refractivity contribution in [3.05, 3.63) is 59.7 Å². The molecule has 2 fully saturated rings. The van der Waals surface area contributed by atoms with Gasteiger partial charge >= 0.3 is 6.61 Å². The number of nitrogens with zero attached hydrogens (tertiary/aromatic N) is 1. The number of ether oxygens (including phenoxy) is 2. The van der Waals surface area contributed by atoms with Crippen molar-refractivity contribution in [3.63, 3.8) is 0 Å². The summed E-state index contributed by atoms with van der Waals surface area (Å²) in [7, 11) is 1.62. The average Bonchev–Trinajstić information content (AvgIpc) is 3.29. The van der Waals surface area contributed by atoms with Gasteiger partial charge in [-0.2, -0.15) is 8.78 Å². The Balaban J connectivity index is 0.00000240. The Labute approximate surface area is 174 Å². The molecule has 0 bridgehead atoms. The number of halogens is 3. The lowest BCUT2D eigenvalue weighted by atomic mass is 9.89. The molecule has 1 amide bonds. The van der Waals surface area contributed by atoms with Crippen LogP contribution >= 0.6 is 12.4 Å². The number of benzene rings is 2. The van der Waals surface area contributed by atoms with Gasteiger partial charge in [-0.05, 0) is 47.9 Å². The van der Waals surface area contributed by atoms with Gasteiger partial charge in [0.15, 0.2) is 0 Å². The Morgan fingerprint density at radius 3 is 2.34 bits per heavy atom. The number of likely N-dealkylation sites (tertiary alicyclic amines) is 1. The van der Waals surface area contributed by atoms with Crippen molar-refractivity contribution in [2.75, 3.05) is 26.7 Å². The van der Waals surface area contributed by atoms with Crippen LogP contribution in [0.5, 0.6) is 11.5 Å². The molecule has 0 saturated carbocycles. The Hall–Kier alpha value is -2.38. The number of alkyl halides is 2. The van der Waals surface area contributed by atoms with E-state index in [1.54, 1.807) is 7.11 Å². The van der Waals surface area contributed by atoms with Crippen molar-refractivity contribution in [3.8, 4) is 11.5 Å². The highest BCUT2D eigenvalue weighted by atomic mass is 35.5. The number of methoxy groups -OCH3 is 1. The predicted octanol–water partition coefficient (Wildman–Crippen LogP) is 3.75. The van der Waals surface area contributed by atoms with E-state index in [1.807, 2.05) is 29.2 Å². The summed E-state index contributed by atoms with van der Waals surface area (Å²) >= 11 is 0. The molecular formula is C21H23ClF2N2O3. The second kappa shape index (κ2) is 8.97. The second-order valence-electron chi connectivity index (χ2n) is 7.16. The van der Waals surface area contributed by atoms with E-state index < -0.39 is 6.61 Å². The summed E-state index contributed by atoms with van der Waals surface area (Å²) in [5, 5.41) is 3.42. The molecule has 0 radical (unpaired) electrons. The lowest BCUT2D eigenvalue weighted by molar-refractivity contribution is -0.0498. The fourth-order valence-corrected chi connectivity index (χ4v) is 4.30. The lowest BCUT2D eigenvalue weighted by Crippen LogP contribution is -2.34. The highest BCUT2D eigenvalue weighted by Crippen LogP contribution is 2.43. The molecule has 2 aromatic rings. The van der Waals surface area contributed by atoms with Crippen LogP contribution in [0.4, 0.5) is 8.78 Å². The SMILES string of the molecule is COc1ccc([C@@H]2[C@H]3CNC[C@H]3CN2C(=O)c2ccc(OC(F)F)cc2)cc1.Cl. The van der Waals surface area contributed by atoms with E-state index >= 15 is 0 Å². The molecule has 8 heteroatoms. The molecule has 2 saturated heterocycles. The summed E-state index contributed by atoms with van der Waals surface area (Å²) in [6, 6.07) is 13.7. The summed E-state index contributed by atoms with van der Waals surface area (Å²) < 4.78 is 34.3. The molecule has 0 spiro atoms. The van der Waals surface area contributed by atoms with E-state index in [2.05, 4.69) is 10.1 Å². The van der Waals surface area contributed by atoms with E-state index in [0.29, 0.717) is 23.9 Å². The topological polar surface area (TPSA) is 50.8 Å². The van der Waals surface area contributed by atoms with Gasteiger partial charge in [-0.3, -0.25) is 4.79 Å². The van der Waals surface area contributed by atoms with E-state index in [4.69, 9.17) is 4.74 Å². The number of carbonyl (C=O) groups excluding carboxylic acids is 1. The standard InChI is InChI=1S/C21H22F2N2O3.ClH/c1-27-16-6-2-13(3-7-16)19-18-11-24-10-15(18)12-25(19)20(26)14-4-8-17(9-5-14)28-21(22)23;/h2-9,15,18-19,21,24H,10-12H2,1H3;1H/t15-,18-,19+;/m0./s1. The Bertz CT molecular complexity index is 833.